The number of benzene rings is 2. The van der Waals surface area contributed by atoms with Crippen LogP contribution in [-0.2, 0) is 6.54 Å². The Morgan fingerprint density at radius 2 is 1.87 bits per heavy atom. The highest BCUT2D eigenvalue weighted by Gasteiger charge is 2.18. The zero-order valence-electron chi connectivity index (χ0n) is 16.7. The SMILES string of the molecule is O=c1[nH]c2cc3c(cc2cc1CNc1ccc(N2CCCC(O)C2)cc1)OCCO3. The van der Waals surface area contributed by atoms with Crippen LogP contribution in [0.3, 0.4) is 0 Å². The molecule has 1 unspecified atom stereocenters. The van der Waals surface area contributed by atoms with Gasteiger partial charge < -0.3 is 29.8 Å². The number of β-amino-alcohol motifs (C(OH)–C–C–N with tert-alkyl or cyclic N) is 1. The van der Waals surface area contributed by atoms with Crippen molar-refractivity contribution in [1.29, 1.82) is 0 Å². The second-order valence-electron chi connectivity index (χ2n) is 7.85. The standard InChI is InChI=1S/C23H25N3O4/c27-19-2-1-7-26(14-19)18-5-3-17(4-6-18)24-13-16-10-15-11-21-22(30-9-8-29-21)12-20(15)25-23(16)28/h3-6,10-12,19,24,27H,1-2,7-9,13-14H2,(H,25,28). The van der Waals surface area contributed by atoms with E-state index < -0.39 is 0 Å². The molecule has 2 aromatic carbocycles. The molecule has 1 atom stereocenters. The van der Waals surface area contributed by atoms with Crippen LogP contribution in [0.15, 0.2) is 47.3 Å². The van der Waals surface area contributed by atoms with E-state index in [-0.39, 0.29) is 11.7 Å². The molecular weight excluding hydrogens is 382 g/mol. The van der Waals surface area contributed by atoms with Crippen molar-refractivity contribution in [1.82, 2.24) is 4.98 Å². The minimum absolute atomic E-state index is 0.120. The van der Waals surface area contributed by atoms with Crippen LogP contribution in [0.1, 0.15) is 18.4 Å². The predicted octanol–water partition coefficient (Wildman–Crippen LogP) is 2.87. The minimum Gasteiger partial charge on any atom is -0.486 e. The molecule has 0 bridgehead atoms. The first-order chi connectivity index (χ1) is 14.7. The summed E-state index contributed by atoms with van der Waals surface area (Å²) in [5.41, 5.74) is 3.32. The van der Waals surface area contributed by atoms with Gasteiger partial charge in [-0.2, -0.15) is 0 Å². The molecule has 0 aliphatic carbocycles. The lowest BCUT2D eigenvalue weighted by Gasteiger charge is -2.32. The van der Waals surface area contributed by atoms with Gasteiger partial charge >= 0.3 is 0 Å². The molecule has 7 heteroatoms. The molecule has 1 aromatic heterocycles. The first-order valence-corrected chi connectivity index (χ1v) is 10.4. The molecule has 7 nitrogen and oxygen atoms in total. The number of nitrogens with one attached hydrogen (secondary N) is 2. The van der Waals surface area contributed by atoms with Crippen molar-refractivity contribution in [3.63, 3.8) is 0 Å². The van der Waals surface area contributed by atoms with E-state index in [0.717, 1.165) is 41.7 Å². The van der Waals surface area contributed by atoms with Crippen molar-refractivity contribution >= 4 is 22.3 Å². The smallest absolute Gasteiger partial charge is 0.253 e. The van der Waals surface area contributed by atoms with E-state index in [0.29, 0.717) is 43.4 Å². The van der Waals surface area contributed by atoms with E-state index in [4.69, 9.17) is 9.47 Å². The average molecular weight is 407 g/mol. The molecule has 3 heterocycles. The number of aliphatic hydroxyl groups excluding tert-OH is 1. The lowest BCUT2D eigenvalue weighted by Crippen LogP contribution is -2.38. The van der Waals surface area contributed by atoms with Gasteiger partial charge in [-0.05, 0) is 49.2 Å². The number of piperidine rings is 1. The van der Waals surface area contributed by atoms with Gasteiger partial charge in [0, 0.05) is 48.0 Å². The van der Waals surface area contributed by atoms with Gasteiger partial charge in [0.2, 0.25) is 0 Å². The van der Waals surface area contributed by atoms with Crippen LogP contribution in [0.2, 0.25) is 0 Å². The third-order valence-corrected chi connectivity index (χ3v) is 5.70. The van der Waals surface area contributed by atoms with E-state index in [1.807, 2.05) is 30.3 Å². The van der Waals surface area contributed by atoms with Crippen molar-refractivity contribution in [3.05, 3.63) is 58.4 Å². The summed E-state index contributed by atoms with van der Waals surface area (Å²) in [4.78, 5) is 17.7. The molecule has 3 N–H and O–H groups in total. The number of hydrogen-bond acceptors (Lipinski definition) is 6. The van der Waals surface area contributed by atoms with Crippen molar-refractivity contribution in [2.24, 2.45) is 0 Å². The normalized spacial score (nSPS) is 18.4. The summed E-state index contributed by atoms with van der Waals surface area (Å²) in [6.45, 7) is 3.11. The fourth-order valence-electron chi connectivity index (χ4n) is 4.10. The lowest BCUT2D eigenvalue weighted by molar-refractivity contribution is 0.154. The number of ether oxygens (including phenoxy) is 2. The lowest BCUT2D eigenvalue weighted by atomic mass is 10.1. The Bertz CT molecular complexity index is 1110. The van der Waals surface area contributed by atoms with Crippen molar-refractivity contribution in [2.75, 3.05) is 36.5 Å². The summed E-state index contributed by atoms with van der Waals surface area (Å²) < 4.78 is 11.2. The molecule has 2 aliphatic rings. The maximum absolute atomic E-state index is 12.5. The van der Waals surface area contributed by atoms with Gasteiger partial charge in [-0.3, -0.25) is 4.79 Å². The van der Waals surface area contributed by atoms with Gasteiger partial charge in [0.25, 0.3) is 5.56 Å². The molecule has 156 valence electrons. The quantitative estimate of drug-likeness (QED) is 0.617. The maximum Gasteiger partial charge on any atom is 0.253 e. The Morgan fingerprint density at radius 3 is 2.63 bits per heavy atom. The van der Waals surface area contributed by atoms with Crippen LogP contribution in [-0.4, -0.2) is 42.5 Å². The van der Waals surface area contributed by atoms with E-state index >= 15 is 0 Å². The molecule has 0 saturated carbocycles. The van der Waals surface area contributed by atoms with Gasteiger partial charge in [0.05, 0.1) is 11.6 Å². The van der Waals surface area contributed by atoms with Crippen LogP contribution in [0.4, 0.5) is 11.4 Å². The summed E-state index contributed by atoms with van der Waals surface area (Å²) in [6, 6.07) is 13.7. The third kappa shape index (κ3) is 3.80. The number of anilines is 2. The highest BCUT2D eigenvalue weighted by Crippen LogP contribution is 2.33. The highest BCUT2D eigenvalue weighted by atomic mass is 16.6. The predicted molar refractivity (Wildman–Crippen MR) is 117 cm³/mol. The summed E-state index contributed by atoms with van der Waals surface area (Å²) >= 11 is 0. The Balaban J connectivity index is 1.31. The first-order valence-electron chi connectivity index (χ1n) is 10.4. The number of nitrogens with zero attached hydrogens (tertiary/aromatic N) is 1. The summed E-state index contributed by atoms with van der Waals surface area (Å²) in [6.07, 6.45) is 1.63. The topological polar surface area (TPSA) is 86.8 Å². The molecular formula is C23H25N3O4. The zero-order chi connectivity index (χ0) is 20.5. The number of rotatable bonds is 4. The molecule has 0 amide bonds. The van der Waals surface area contributed by atoms with Gasteiger partial charge in [-0.25, -0.2) is 0 Å². The second-order valence-corrected chi connectivity index (χ2v) is 7.85. The second kappa shape index (κ2) is 7.91. The molecule has 1 saturated heterocycles. The van der Waals surface area contributed by atoms with E-state index in [2.05, 4.69) is 27.3 Å². The molecule has 5 rings (SSSR count). The van der Waals surface area contributed by atoms with Crippen LogP contribution >= 0.6 is 0 Å². The Hall–Kier alpha value is -3.19. The first kappa shape index (κ1) is 18.8. The van der Waals surface area contributed by atoms with Crippen LogP contribution in [0.25, 0.3) is 10.9 Å². The number of aromatic nitrogens is 1. The number of H-pyrrole nitrogens is 1. The molecule has 0 spiro atoms. The number of fused-ring (bicyclic) bond motifs is 2. The van der Waals surface area contributed by atoms with E-state index in [1.165, 1.54) is 0 Å². The Kier molecular flexibility index (Phi) is 4.96. The van der Waals surface area contributed by atoms with Crippen LogP contribution in [0, 0.1) is 0 Å². The van der Waals surface area contributed by atoms with E-state index in [9.17, 15) is 9.90 Å². The van der Waals surface area contributed by atoms with Crippen LogP contribution in [0.5, 0.6) is 11.5 Å². The molecule has 0 radical (unpaired) electrons. The van der Waals surface area contributed by atoms with Crippen molar-refractivity contribution < 1.29 is 14.6 Å². The minimum atomic E-state index is -0.251. The summed E-state index contributed by atoms with van der Waals surface area (Å²) in [5, 5.41) is 14.1. The third-order valence-electron chi connectivity index (χ3n) is 5.70. The largest absolute Gasteiger partial charge is 0.486 e. The fraction of sp³-hybridized carbons (Fsp3) is 0.348. The fourth-order valence-corrected chi connectivity index (χ4v) is 4.10. The maximum atomic E-state index is 12.5. The molecule has 3 aromatic rings. The Morgan fingerprint density at radius 1 is 1.10 bits per heavy atom. The van der Waals surface area contributed by atoms with Crippen molar-refractivity contribution in [3.8, 4) is 11.5 Å². The summed E-state index contributed by atoms with van der Waals surface area (Å²) in [7, 11) is 0. The van der Waals surface area contributed by atoms with Crippen LogP contribution < -0.4 is 25.2 Å². The average Bonchev–Trinajstić information content (AvgIpc) is 2.77. The van der Waals surface area contributed by atoms with Gasteiger partial charge in [-0.1, -0.05) is 0 Å². The van der Waals surface area contributed by atoms with Gasteiger partial charge in [0.15, 0.2) is 11.5 Å². The zero-order valence-corrected chi connectivity index (χ0v) is 16.7. The molecule has 30 heavy (non-hydrogen) atoms. The number of aliphatic hydroxyl groups is 1. The monoisotopic (exact) mass is 407 g/mol. The number of aromatic amines is 1. The number of pyridine rings is 1. The molecule has 1 fully saturated rings. The Labute approximate surface area is 174 Å². The van der Waals surface area contributed by atoms with E-state index in [1.54, 1.807) is 0 Å². The number of hydrogen-bond donors (Lipinski definition) is 3. The van der Waals surface area contributed by atoms with Gasteiger partial charge in [-0.15, -0.1) is 0 Å². The van der Waals surface area contributed by atoms with Crippen molar-refractivity contribution in [2.45, 2.75) is 25.5 Å². The highest BCUT2D eigenvalue weighted by molar-refractivity contribution is 5.83. The van der Waals surface area contributed by atoms with Gasteiger partial charge in [0.1, 0.15) is 13.2 Å². The molecule has 2 aliphatic heterocycles. The summed E-state index contributed by atoms with van der Waals surface area (Å²) in [5.74, 6) is 1.37.